The molecule has 3 heterocycles. The average molecular weight is 557 g/mol. The van der Waals surface area contributed by atoms with Crippen LogP contribution in [-0.2, 0) is 19.6 Å². The molecule has 0 aromatic heterocycles. The van der Waals surface area contributed by atoms with Gasteiger partial charge in [0.25, 0.3) is 0 Å². The van der Waals surface area contributed by atoms with Crippen molar-refractivity contribution in [2.45, 2.75) is 62.5 Å². The fourth-order valence-corrected chi connectivity index (χ4v) is 6.98. The van der Waals surface area contributed by atoms with Crippen LogP contribution in [0.2, 0.25) is 0 Å². The van der Waals surface area contributed by atoms with E-state index in [1.807, 2.05) is 6.07 Å². The van der Waals surface area contributed by atoms with E-state index in [0.717, 1.165) is 0 Å². The summed E-state index contributed by atoms with van der Waals surface area (Å²) >= 11 is 0. The minimum Gasteiger partial charge on any atom is -0.444 e. The normalized spacial score (nSPS) is 21.6. The molecule has 0 radical (unpaired) electrons. The number of benzene rings is 1. The van der Waals surface area contributed by atoms with Crippen molar-refractivity contribution in [1.82, 2.24) is 19.4 Å². The first-order valence-corrected chi connectivity index (χ1v) is 14.7. The summed E-state index contributed by atoms with van der Waals surface area (Å²) in [4.78, 5) is 29.6. The minimum absolute atomic E-state index is 0.152. The summed E-state index contributed by atoms with van der Waals surface area (Å²) in [5.41, 5.74) is -1.86. The zero-order valence-electron chi connectivity index (χ0n) is 22.8. The van der Waals surface area contributed by atoms with Crippen LogP contribution in [-0.4, -0.2) is 91.5 Å². The molecule has 3 saturated heterocycles. The van der Waals surface area contributed by atoms with Gasteiger partial charge in [-0.15, -0.1) is 0 Å². The number of nitriles is 2. The molecule has 3 aliphatic heterocycles. The van der Waals surface area contributed by atoms with Crippen LogP contribution >= 0.6 is 0 Å². The number of nitrogens with one attached hydrogen (secondary N) is 1. The number of amides is 2. The van der Waals surface area contributed by atoms with Crippen LogP contribution in [0.5, 0.6) is 0 Å². The van der Waals surface area contributed by atoms with Gasteiger partial charge in [0, 0.05) is 51.4 Å². The SMILES string of the molecule is CC(C)(C)OC(=O)N1CCC(C#N)(C(=O)N2CCNC3(CCN(S(=O)(=O)c4ccc(C#N)cc4)CC3)C2)CC1. The molecule has 3 fully saturated rings. The molecule has 0 bridgehead atoms. The van der Waals surface area contributed by atoms with E-state index in [1.54, 1.807) is 30.6 Å². The van der Waals surface area contributed by atoms with E-state index in [2.05, 4.69) is 11.4 Å². The number of piperidine rings is 2. The zero-order valence-corrected chi connectivity index (χ0v) is 23.6. The molecule has 1 N–H and O–H groups in total. The zero-order chi connectivity index (χ0) is 28.5. The van der Waals surface area contributed by atoms with Gasteiger partial charge in [-0.3, -0.25) is 4.79 Å². The molecule has 1 spiro atoms. The summed E-state index contributed by atoms with van der Waals surface area (Å²) in [6, 6.07) is 10.1. The predicted molar refractivity (Wildman–Crippen MR) is 142 cm³/mol. The maximum atomic E-state index is 13.7. The number of likely N-dealkylation sites (tertiary alicyclic amines) is 1. The van der Waals surface area contributed by atoms with Gasteiger partial charge >= 0.3 is 6.09 Å². The number of piperazine rings is 1. The van der Waals surface area contributed by atoms with E-state index in [4.69, 9.17) is 10.00 Å². The largest absolute Gasteiger partial charge is 0.444 e. The van der Waals surface area contributed by atoms with E-state index in [-0.39, 0.29) is 36.7 Å². The third-order valence-electron chi connectivity index (χ3n) is 7.86. The molecule has 3 aliphatic rings. The maximum absolute atomic E-state index is 13.7. The van der Waals surface area contributed by atoms with Crippen molar-refractivity contribution in [2.75, 3.05) is 45.8 Å². The Morgan fingerprint density at radius 1 is 0.949 bits per heavy atom. The first-order chi connectivity index (χ1) is 18.3. The lowest BCUT2D eigenvalue weighted by Crippen LogP contribution is -2.66. The first-order valence-electron chi connectivity index (χ1n) is 13.3. The van der Waals surface area contributed by atoms with Gasteiger partial charge < -0.3 is 19.9 Å². The van der Waals surface area contributed by atoms with Crippen molar-refractivity contribution in [2.24, 2.45) is 5.41 Å². The Labute approximate surface area is 230 Å². The Morgan fingerprint density at radius 2 is 1.56 bits per heavy atom. The van der Waals surface area contributed by atoms with Crippen LogP contribution in [0.3, 0.4) is 0 Å². The van der Waals surface area contributed by atoms with Crippen LogP contribution in [0.1, 0.15) is 52.0 Å². The molecule has 0 saturated carbocycles. The van der Waals surface area contributed by atoms with E-state index in [0.29, 0.717) is 51.1 Å². The number of nitrogens with zero attached hydrogens (tertiary/aromatic N) is 5. The third kappa shape index (κ3) is 6.03. The molecule has 0 aliphatic carbocycles. The molecule has 11 nitrogen and oxygen atoms in total. The second-order valence-corrected chi connectivity index (χ2v) is 13.6. The summed E-state index contributed by atoms with van der Waals surface area (Å²) < 4.78 is 33.2. The molecule has 0 unspecified atom stereocenters. The molecule has 1 aromatic rings. The van der Waals surface area contributed by atoms with Crippen LogP contribution in [0.25, 0.3) is 0 Å². The van der Waals surface area contributed by atoms with E-state index in [1.165, 1.54) is 28.6 Å². The molecular weight excluding hydrogens is 520 g/mol. The highest BCUT2D eigenvalue weighted by atomic mass is 32.2. The second-order valence-electron chi connectivity index (χ2n) is 11.6. The van der Waals surface area contributed by atoms with Crippen molar-refractivity contribution in [3.8, 4) is 12.1 Å². The van der Waals surface area contributed by atoms with Gasteiger partial charge in [0.2, 0.25) is 15.9 Å². The molecule has 0 atom stereocenters. The quantitative estimate of drug-likeness (QED) is 0.595. The van der Waals surface area contributed by atoms with Crippen molar-refractivity contribution in [3.05, 3.63) is 29.8 Å². The number of rotatable bonds is 3. The Hall–Kier alpha value is -3.19. The van der Waals surface area contributed by atoms with E-state index >= 15 is 0 Å². The first kappa shape index (κ1) is 28.8. The fourth-order valence-electron chi connectivity index (χ4n) is 5.54. The highest BCUT2D eigenvalue weighted by molar-refractivity contribution is 7.89. The molecule has 2 amide bonds. The lowest BCUT2D eigenvalue weighted by Gasteiger charge is -2.49. The smallest absolute Gasteiger partial charge is 0.410 e. The minimum atomic E-state index is -3.70. The fraction of sp³-hybridized carbons (Fsp3) is 0.630. The van der Waals surface area contributed by atoms with Gasteiger partial charge in [0.1, 0.15) is 11.0 Å². The van der Waals surface area contributed by atoms with Crippen molar-refractivity contribution in [1.29, 1.82) is 10.5 Å². The summed E-state index contributed by atoms with van der Waals surface area (Å²) in [6.45, 7) is 7.95. The number of hydrogen-bond donors (Lipinski definition) is 1. The van der Waals surface area contributed by atoms with Gasteiger partial charge in [-0.05, 0) is 70.7 Å². The monoisotopic (exact) mass is 556 g/mol. The predicted octanol–water partition coefficient (Wildman–Crippen LogP) is 2.05. The Balaban J connectivity index is 1.38. The van der Waals surface area contributed by atoms with Crippen LogP contribution < -0.4 is 5.32 Å². The van der Waals surface area contributed by atoms with Crippen LogP contribution in [0, 0.1) is 28.1 Å². The van der Waals surface area contributed by atoms with Gasteiger partial charge in [-0.25, -0.2) is 13.2 Å². The lowest BCUT2D eigenvalue weighted by molar-refractivity contribution is -0.144. The number of sulfonamides is 1. The summed E-state index contributed by atoms with van der Waals surface area (Å²) in [6.07, 6.45) is 1.10. The lowest BCUT2D eigenvalue weighted by atomic mass is 9.77. The Morgan fingerprint density at radius 3 is 2.10 bits per heavy atom. The molecule has 1 aromatic carbocycles. The molecule has 210 valence electrons. The molecule has 39 heavy (non-hydrogen) atoms. The molecular formula is C27H36N6O5S. The molecule has 12 heteroatoms. The number of hydrogen-bond acceptors (Lipinski definition) is 8. The topological polar surface area (TPSA) is 147 Å². The highest BCUT2D eigenvalue weighted by Crippen LogP contribution is 2.36. The van der Waals surface area contributed by atoms with Gasteiger partial charge in [0.05, 0.1) is 22.6 Å². The number of carbonyl (C=O) groups excluding carboxylic acids is 2. The summed E-state index contributed by atoms with van der Waals surface area (Å²) in [5, 5.41) is 22.6. The second kappa shape index (κ2) is 10.8. The maximum Gasteiger partial charge on any atom is 0.410 e. The standard InChI is InChI=1S/C27H36N6O5S/c1-25(2,3)38-24(35)31-13-8-26(19-29,9-14-31)23(34)32-17-12-30-27(20-32)10-15-33(16-11-27)39(36,37)22-6-4-21(18-28)5-7-22/h4-7,30H,8-17,20H2,1-3H3. The van der Waals surface area contributed by atoms with Crippen molar-refractivity contribution in [3.63, 3.8) is 0 Å². The number of carbonyl (C=O) groups is 2. The van der Waals surface area contributed by atoms with Crippen molar-refractivity contribution < 1.29 is 22.7 Å². The van der Waals surface area contributed by atoms with Crippen LogP contribution in [0.4, 0.5) is 4.79 Å². The van der Waals surface area contributed by atoms with E-state index in [9.17, 15) is 23.3 Å². The highest BCUT2D eigenvalue weighted by Gasteiger charge is 2.49. The summed E-state index contributed by atoms with van der Waals surface area (Å²) in [5.74, 6) is -0.220. The average Bonchev–Trinajstić information content (AvgIpc) is 2.92. The third-order valence-corrected chi connectivity index (χ3v) is 9.77. The number of ether oxygens (including phenoxy) is 1. The Bertz CT molecular complexity index is 1280. The van der Waals surface area contributed by atoms with E-state index < -0.39 is 32.7 Å². The van der Waals surface area contributed by atoms with Crippen molar-refractivity contribution >= 4 is 22.0 Å². The van der Waals surface area contributed by atoms with Gasteiger partial charge in [-0.1, -0.05) is 0 Å². The Kier molecular flexibility index (Phi) is 7.95. The summed E-state index contributed by atoms with van der Waals surface area (Å²) in [7, 11) is -3.70. The molecule has 4 rings (SSSR count). The van der Waals surface area contributed by atoms with Crippen LogP contribution in [0.15, 0.2) is 29.2 Å². The van der Waals surface area contributed by atoms with Gasteiger partial charge in [-0.2, -0.15) is 14.8 Å². The van der Waals surface area contributed by atoms with Gasteiger partial charge in [0.15, 0.2) is 0 Å².